The van der Waals surface area contributed by atoms with Crippen LogP contribution in [0.2, 0.25) is 0 Å². The first-order valence-corrected chi connectivity index (χ1v) is 8.26. The number of furan rings is 1. The molecule has 134 valence electrons. The maximum atomic E-state index is 12.1. The lowest BCUT2D eigenvalue weighted by molar-refractivity contribution is -0.120. The first-order chi connectivity index (χ1) is 12.5. The Balaban J connectivity index is 1.54. The van der Waals surface area contributed by atoms with Crippen LogP contribution in [-0.2, 0) is 4.79 Å². The minimum atomic E-state index is -0.344. The van der Waals surface area contributed by atoms with Crippen molar-refractivity contribution in [3.63, 3.8) is 0 Å². The fourth-order valence-corrected chi connectivity index (χ4v) is 2.56. The predicted molar refractivity (Wildman–Crippen MR) is 96.4 cm³/mol. The third-order valence-electron chi connectivity index (χ3n) is 3.98. The zero-order valence-corrected chi connectivity index (χ0v) is 14.6. The van der Waals surface area contributed by atoms with E-state index in [-0.39, 0.29) is 24.4 Å². The summed E-state index contributed by atoms with van der Waals surface area (Å²) < 4.78 is 5.08. The number of carbonyl (C=O) groups is 2. The fourth-order valence-electron chi connectivity index (χ4n) is 2.56. The summed E-state index contributed by atoms with van der Waals surface area (Å²) in [6.07, 6.45) is 3.17. The van der Waals surface area contributed by atoms with Crippen LogP contribution in [0.5, 0.6) is 0 Å². The maximum Gasteiger partial charge on any atom is 0.255 e. The fraction of sp³-hybridized carbons (Fsp3) is 0.211. The average molecular weight is 352 g/mol. The summed E-state index contributed by atoms with van der Waals surface area (Å²) in [4.78, 5) is 31.6. The SMILES string of the molecule is Cc1occc1C(=O)NCC(=O)N[C@H](C)c1ncc(-c2ccccc2)[nH]1. The number of rotatable bonds is 6. The number of aryl methyl sites for hydroxylation is 1. The van der Waals surface area contributed by atoms with Gasteiger partial charge >= 0.3 is 0 Å². The highest BCUT2D eigenvalue weighted by atomic mass is 16.3. The van der Waals surface area contributed by atoms with Crippen LogP contribution >= 0.6 is 0 Å². The molecule has 0 bridgehead atoms. The molecule has 3 N–H and O–H groups in total. The Morgan fingerprint density at radius 2 is 2.00 bits per heavy atom. The van der Waals surface area contributed by atoms with Gasteiger partial charge in [0.2, 0.25) is 5.91 Å². The summed E-state index contributed by atoms with van der Waals surface area (Å²) in [6, 6.07) is 11.1. The van der Waals surface area contributed by atoms with Gasteiger partial charge < -0.3 is 20.0 Å². The van der Waals surface area contributed by atoms with Crippen molar-refractivity contribution in [2.45, 2.75) is 19.9 Å². The van der Waals surface area contributed by atoms with E-state index in [1.807, 2.05) is 37.3 Å². The molecule has 0 aliphatic carbocycles. The smallest absolute Gasteiger partial charge is 0.255 e. The van der Waals surface area contributed by atoms with Crippen molar-refractivity contribution in [2.24, 2.45) is 0 Å². The van der Waals surface area contributed by atoms with Crippen LogP contribution in [0.15, 0.2) is 53.3 Å². The standard InChI is InChI=1S/C19H20N4O3/c1-12(18-20-10-16(23-18)14-6-4-3-5-7-14)22-17(24)11-21-19(25)15-8-9-26-13(15)2/h3-10,12H,11H2,1-2H3,(H,20,23)(H,21,25)(H,22,24)/t12-/m1/s1. The molecule has 0 saturated carbocycles. The van der Waals surface area contributed by atoms with E-state index in [0.717, 1.165) is 11.3 Å². The van der Waals surface area contributed by atoms with Gasteiger partial charge in [-0.1, -0.05) is 30.3 Å². The third kappa shape index (κ3) is 4.00. The van der Waals surface area contributed by atoms with Crippen molar-refractivity contribution >= 4 is 11.8 Å². The normalized spacial score (nSPS) is 11.8. The van der Waals surface area contributed by atoms with Gasteiger partial charge in [0.15, 0.2) is 0 Å². The van der Waals surface area contributed by atoms with E-state index in [9.17, 15) is 9.59 Å². The molecule has 0 aliphatic rings. The molecule has 0 unspecified atom stereocenters. The number of hydrogen-bond acceptors (Lipinski definition) is 4. The van der Waals surface area contributed by atoms with Crippen molar-refractivity contribution in [3.05, 3.63) is 66.0 Å². The Labute approximate surface area is 150 Å². The van der Waals surface area contributed by atoms with Crippen LogP contribution in [0.1, 0.15) is 34.9 Å². The van der Waals surface area contributed by atoms with E-state index in [2.05, 4.69) is 20.6 Å². The summed E-state index contributed by atoms with van der Waals surface area (Å²) >= 11 is 0. The van der Waals surface area contributed by atoms with Crippen LogP contribution in [0.25, 0.3) is 11.3 Å². The Bertz CT molecular complexity index is 898. The van der Waals surface area contributed by atoms with Crippen LogP contribution in [0, 0.1) is 6.92 Å². The Morgan fingerprint density at radius 3 is 2.69 bits per heavy atom. The van der Waals surface area contributed by atoms with Gasteiger partial charge in [0.1, 0.15) is 11.6 Å². The molecule has 2 heterocycles. The summed E-state index contributed by atoms with van der Waals surface area (Å²) in [5.74, 6) is 0.516. The number of aromatic nitrogens is 2. The minimum absolute atomic E-state index is 0.125. The Hall–Kier alpha value is -3.35. The van der Waals surface area contributed by atoms with E-state index in [0.29, 0.717) is 17.1 Å². The van der Waals surface area contributed by atoms with Crippen molar-refractivity contribution in [1.82, 2.24) is 20.6 Å². The number of H-pyrrole nitrogens is 1. The van der Waals surface area contributed by atoms with Gasteiger partial charge in [-0.3, -0.25) is 9.59 Å². The molecule has 3 aromatic rings. The van der Waals surface area contributed by atoms with Crippen LogP contribution < -0.4 is 10.6 Å². The molecular weight excluding hydrogens is 332 g/mol. The number of nitrogens with one attached hydrogen (secondary N) is 3. The second-order valence-electron chi connectivity index (χ2n) is 5.91. The van der Waals surface area contributed by atoms with Crippen LogP contribution in [0.4, 0.5) is 0 Å². The number of carbonyl (C=O) groups excluding carboxylic acids is 2. The van der Waals surface area contributed by atoms with Crippen molar-refractivity contribution in [1.29, 1.82) is 0 Å². The Kier molecular flexibility index (Phi) is 5.17. The van der Waals surface area contributed by atoms with E-state index < -0.39 is 0 Å². The average Bonchev–Trinajstić information content (AvgIpc) is 3.29. The molecule has 2 aromatic heterocycles. The second-order valence-corrected chi connectivity index (χ2v) is 5.91. The quantitative estimate of drug-likeness (QED) is 0.635. The summed E-state index contributed by atoms with van der Waals surface area (Å²) in [6.45, 7) is 3.39. The van der Waals surface area contributed by atoms with Gasteiger partial charge in [0.05, 0.1) is 36.3 Å². The predicted octanol–water partition coefficient (Wildman–Crippen LogP) is 2.59. The molecule has 0 spiro atoms. The van der Waals surface area contributed by atoms with Crippen LogP contribution in [-0.4, -0.2) is 28.3 Å². The lowest BCUT2D eigenvalue weighted by Crippen LogP contribution is -2.38. The highest BCUT2D eigenvalue weighted by Crippen LogP contribution is 2.18. The largest absolute Gasteiger partial charge is 0.469 e. The molecule has 0 aliphatic heterocycles. The molecule has 7 heteroatoms. The molecule has 1 aromatic carbocycles. The van der Waals surface area contributed by atoms with Gasteiger partial charge in [0, 0.05) is 0 Å². The van der Waals surface area contributed by atoms with Gasteiger partial charge in [-0.05, 0) is 25.5 Å². The molecule has 0 saturated heterocycles. The topological polar surface area (TPSA) is 100 Å². The molecule has 26 heavy (non-hydrogen) atoms. The summed E-state index contributed by atoms with van der Waals surface area (Å²) in [5, 5.41) is 5.38. The molecule has 0 fully saturated rings. The highest BCUT2D eigenvalue weighted by molar-refractivity contribution is 5.97. The highest BCUT2D eigenvalue weighted by Gasteiger charge is 2.16. The van der Waals surface area contributed by atoms with Crippen molar-refractivity contribution in [3.8, 4) is 11.3 Å². The number of amides is 2. The minimum Gasteiger partial charge on any atom is -0.469 e. The molecular formula is C19H20N4O3. The molecule has 2 amide bonds. The lowest BCUT2D eigenvalue weighted by Gasteiger charge is -2.12. The maximum absolute atomic E-state index is 12.1. The van der Waals surface area contributed by atoms with E-state index >= 15 is 0 Å². The lowest BCUT2D eigenvalue weighted by atomic mass is 10.2. The molecule has 1 atom stereocenters. The van der Waals surface area contributed by atoms with Gasteiger partial charge in [0.25, 0.3) is 5.91 Å². The number of aromatic amines is 1. The van der Waals surface area contributed by atoms with Crippen LogP contribution in [0.3, 0.4) is 0 Å². The first kappa shape index (κ1) is 17.5. The van der Waals surface area contributed by atoms with E-state index in [1.165, 1.54) is 6.26 Å². The third-order valence-corrected chi connectivity index (χ3v) is 3.98. The number of hydrogen-bond donors (Lipinski definition) is 3. The molecule has 3 rings (SSSR count). The molecule has 0 radical (unpaired) electrons. The number of nitrogens with zero attached hydrogens (tertiary/aromatic N) is 1. The van der Waals surface area contributed by atoms with Gasteiger partial charge in [-0.15, -0.1) is 0 Å². The Morgan fingerprint density at radius 1 is 1.23 bits per heavy atom. The summed E-state index contributed by atoms with van der Waals surface area (Å²) in [7, 11) is 0. The van der Waals surface area contributed by atoms with Gasteiger partial charge in [-0.25, -0.2) is 4.98 Å². The molecule has 7 nitrogen and oxygen atoms in total. The van der Waals surface area contributed by atoms with Crippen molar-refractivity contribution in [2.75, 3.05) is 6.54 Å². The monoisotopic (exact) mass is 352 g/mol. The zero-order chi connectivity index (χ0) is 18.5. The van der Waals surface area contributed by atoms with E-state index in [1.54, 1.807) is 19.2 Å². The van der Waals surface area contributed by atoms with Crippen molar-refractivity contribution < 1.29 is 14.0 Å². The summed E-state index contributed by atoms with van der Waals surface area (Å²) in [5.41, 5.74) is 2.32. The number of benzene rings is 1. The van der Waals surface area contributed by atoms with Gasteiger partial charge in [-0.2, -0.15) is 0 Å². The zero-order valence-electron chi connectivity index (χ0n) is 14.6. The first-order valence-electron chi connectivity index (χ1n) is 8.26. The second kappa shape index (κ2) is 7.69. The number of imidazole rings is 1. The van der Waals surface area contributed by atoms with E-state index in [4.69, 9.17) is 4.42 Å².